The van der Waals surface area contributed by atoms with E-state index in [1.165, 1.54) is 38.3 Å². The van der Waals surface area contributed by atoms with E-state index in [2.05, 4.69) is 187 Å². The minimum atomic E-state index is -0.271. The van der Waals surface area contributed by atoms with Gasteiger partial charge in [-0.1, -0.05) is 135 Å². The van der Waals surface area contributed by atoms with Crippen LogP contribution in [0.15, 0.2) is 182 Å². The topological polar surface area (TPSA) is 26.9 Å². The Bertz CT molecular complexity index is 3140. The maximum absolute atomic E-state index is 14.0. The fourth-order valence-corrected chi connectivity index (χ4v) is 9.24. The van der Waals surface area contributed by atoms with E-state index in [9.17, 15) is 4.79 Å². The molecule has 260 valence electrons. The van der Waals surface area contributed by atoms with Crippen LogP contribution in [0.25, 0.3) is 77.2 Å². The normalized spacial score (nSPS) is 13.5. The number of carbonyl (C=O) groups excluding carboxylic acids is 1. The first-order valence-corrected chi connectivity index (χ1v) is 19.0. The van der Waals surface area contributed by atoms with Crippen LogP contribution < -0.4 is 0 Å². The van der Waals surface area contributed by atoms with Gasteiger partial charge >= 0.3 is 0 Å². The molecule has 0 amide bonds. The highest BCUT2D eigenvalue weighted by atomic mass is 16.1. The maximum atomic E-state index is 14.0. The van der Waals surface area contributed by atoms with Crippen LogP contribution in [0.1, 0.15) is 40.9 Å². The summed E-state index contributed by atoms with van der Waals surface area (Å²) in [5, 5.41) is 4.82. The van der Waals surface area contributed by atoms with Crippen LogP contribution in [0.3, 0.4) is 0 Å². The molecule has 0 bridgehead atoms. The summed E-state index contributed by atoms with van der Waals surface area (Å²) in [5.74, 6) is 0.0959. The smallest absolute Gasteiger partial charge is 0.193 e. The number of ketones is 1. The van der Waals surface area contributed by atoms with Crippen LogP contribution >= 0.6 is 0 Å². The highest BCUT2D eigenvalue weighted by Gasteiger charge is 2.36. The van der Waals surface area contributed by atoms with Gasteiger partial charge in [-0.15, -0.1) is 0 Å². The number of nitrogens with zero attached hydrogens (tertiary/aromatic N) is 2. The van der Waals surface area contributed by atoms with Gasteiger partial charge < -0.3 is 9.13 Å². The highest BCUT2D eigenvalue weighted by molar-refractivity contribution is 6.15. The molecule has 10 aromatic rings. The minimum Gasteiger partial charge on any atom is -0.309 e. The van der Waals surface area contributed by atoms with Gasteiger partial charge in [0.15, 0.2) is 5.78 Å². The van der Waals surface area contributed by atoms with Crippen LogP contribution in [0.4, 0.5) is 0 Å². The summed E-state index contributed by atoms with van der Waals surface area (Å²) >= 11 is 0. The largest absolute Gasteiger partial charge is 0.309 e. The van der Waals surface area contributed by atoms with Crippen molar-refractivity contribution in [3.8, 4) is 33.6 Å². The van der Waals surface area contributed by atoms with Crippen molar-refractivity contribution in [2.24, 2.45) is 0 Å². The monoisotopic (exact) mass is 704 g/mol. The van der Waals surface area contributed by atoms with Gasteiger partial charge in [0.25, 0.3) is 0 Å². The lowest BCUT2D eigenvalue weighted by Gasteiger charge is -2.34. The Kier molecular flexibility index (Phi) is 6.75. The Labute approximate surface area is 319 Å². The van der Waals surface area contributed by atoms with E-state index >= 15 is 0 Å². The van der Waals surface area contributed by atoms with Gasteiger partial charge in [-0.3, -0.25) is 4.79 Å². The summed E-state index contributed by atoms with van der Waals surface area (Å²) in [6.07, 6.45) is 0. The quantitative estimate of drug-likeness (QED) is 0.179. The van der Waals surface area contributed by atoms with Crippen molar-refractivity contribution in [1.29, 1.82) is 0 Å². The molecule has 0 saturated carbocycles. The van der Waals surface area contributed by atoms with Crippen molar-refractivity contribution in [2.75, 3.05) is 0 Å². The fourth-order valence-electron chi connectivity index (χ4n) is 9.24. The van der Waals surface area contributed by atoms with E-state index in [0.29, 0.717) is 0 Å². The second-order valence-corrected chi connectivity index (χ2v) is 15.3. The third-order valence-electron chi connectivity index (χ3n) is 11.9. The van der Waals surface area contributed by atoms with E-state index in [-0.39, 0.29) is 11.2 Å². The number of aromatic nitrogens is 2. The molecule has 11 rings (SSSR count). The summed E-state index contributed by atoms with van der Waals surface area (Å²) in [4.78, 5) is 14.0. The van der Waals surface area contributed by atoms with Crippen molar-refractivity contribution in [1.82, 2.24) is 9.13 Å². The van der Waals surface area contributed by atoms with E-state index in [4.69, 9.17) is 0 Å². The van der Waals surface area contributed by atoms with Crippen molar-refractivity contribution in [2.45, 2.75) is 19.3 Å². The van der Waals surface area contributed by atoms with Gasteiger partial charge in [0.05, 0.1) is 22.1 Å². The van der Waals surface area contributed by atoms with Crippen LogP contribution in [-0.2, 0) is 5.41 Å². The van der Waals surface area contributed by atoms with Crippen LogP contribution in [0.5, 0.6) is 0 Å². The van der Waals surface area contributed by atoms with Gasteiger partial charge in [-0.25, -0.2) is 0 Å². The van der Waals surface area contributed by atoms with Crippen molar-refractivity contribution in [3.63, 3.8) is 0 Å². The van der Waals surface area contributed by atoms with Gasteiger partial charge in [-0.2, -0.15) is 0 Å². The molecule has 2 heterocycles. The lowest BCUT2D eigenvalue weighted by molar-refractivity contribution is 0.103. The van der Waals surface area contributed by atoms with Crippen LogP contribution in [-0.4, -0.2) is 14.9 Å². The number of benzene rings is 8. The third kappa shape index (κ3) is 4.66. The molecule has 55 heavy (non-hydrogen) atoms. The molecule has 1 aliphatic carbocycles. The standard InChI is InChI=1S/C52H36N2O/c1-52(2)45-20-9-6-19-41(45)51(55)44-31-35(23-26-46(44)52)36-24-27-49-42(30-36)43-32-38(54-47-21-10-7-17-39(47)40-18-8-11-22-48(40)54)25-28-50(43)53(49)37-16-12-15-34(29-37)33-13-4-3-5-14-33/h3-32H,1-2H3. The Morgan fingerprint density at radius 2 is 0.891 bits per heavy atom. The van der Waals surface area contributed by atoms with Gasteiger partial charge in [0.2, 0.25) is 0 Å². The molecule has 0 spiro atoms. The van der Waals surface area contributed by atoms with E-state index in [1.54, 1.807) is 0 Å². The molecule has 0 saturated heterocycles. The van der Waals surface area contributed by atoms with Gasteiger partial charge in [0.1, 0.15) is 0 Å². The zero-order valence-corrected chi connectivity index (χ0v) is 30.6. The first kappa shape index (κ1) is 31.5. The summed E-state index contributed by atoms with van der Waals surface area (Å²) in [7, 11) is 0. The first-order chi connectivity index (χ1) is 27.0. The lowest BCUT2D eigenvalue weighted by Crippen LogP contribution is -2.30. The molecule has 1 aliphatic rings. The second kappa shape index (κ2) is 11.8. The molecule has 0 unspecified atom stereocenters. The zero-order valence-electron chi connectivity index (χ0n) is 30.6. The van der Waals surface area contributed by atoms with E-state index in [1.807, 2.05) is 18.2 Å². The number of hydrogen-bond acceptors (Lipinski definition) is 1. The highest BCUT2D eigenvalue weighted by Crippen LogP contribution is 2.44. The van der Waals surface area contributed by atoms with E-state index < -0.39 is 0 Å². The number of para-hydroxylation sites is 2. The van der Waals surface area contributed by atoms with Crippen molar-refractivity contribution >= 4 is 49.4 Å². The average molecular weight is 705 g/mol. The second-order valence-electron chi connectivity index (χ2n) is 15.3. The Balaban J connectivity index is 1.15. The van der Waals surface area contributed by atoms with Gasteiger partial charge in [0, 0.05) is 49.5 Å². The minimum absolute atomic E-state index is 0.0959. The molecule has 8 aromatic carbocycles. The SMILES string of the molecule is CC1(C)c2ccccc2C(=O)c2cc(-c3ccc4c(c3)c3cc(-n5c6ccccc6c6ccccc65)ccc3n4-c3cccc(-c4ccccc4)c3)ccc21. The summed E-state index contributed by atoms with van der Waals surface area (Å²) in [5.41, 5.74) is 14.8. The molecular weight excluding hydrogens is 669 g/mol. The van der Waals surface area contributed by atoms with Gasteiger partial charge in [-0.05, 0) is 94.0 Å². The zero-order chi connectivity index (χ0) is 36.8. The molecule has 0 atom stereocenters. The average Bonchev–Trinajstić information content (AvgIpc) is 3.75. The van der Waals surface area contributed by atoms with E-state index in [0.717, 1.165) is 61.2 Å². The summed E-state index contributed by atoms with van der Waals surface area (Å²) in [6, 6.07) is 64.9. The Morgan fingerprint density at radius 3 is 1.65 bits per heavy atom. The molecule has 0 radical (unpaired) electrons. The number of rotatable bonds is 4. The molecular formula is C52H36N2O. The predicted octanol–water partition coefficient (Wildman–Crippen LogP) is 13.1. The number of carbonyl (C=O) groups is 1. The predicted molar refractivity (Wildman–Crippen MR) is 228 cm³/mol. The van der Waals surface area contributed by atoms with Crippen LogP contribution in [0.2, 0.25) is 0 Å². The maximum Gasteiger partial charge on any atom is 0.193 e. The third-order valence-corrected chi connectivity index (χ3v) is 11.9. The molecule has 3 heteroatoms. The molecule has 3 nitrogen and oxygen atoms in total. The Morgan fingerprint density at radius 1 is 0.364 bits per heavy atom. The lowest BCUT2D eigenvalue weighted by atomic mass is 9.68. The molecule has 0 aliphatic heterocycles. The van der Waals surface area contributed by atoms with Crippen molar-refractivity contribution in [3.05, 3.63) is 204 Å². The fraction of sp³-hybridized carbons (Fsp3) is 0.0577. The van der Waals surface area contributed by atoms with Crippen LogP contribution in [0, 0.1) is 0 Å². The van der Waals surface area contributed by atoms with Crippen molar-refractivity contribution < 1.29 is 4.79 Å². The molecule has 0 N–H and O–H groups in total. The number of fused-ring (bicyclic) bond motifs is 8. The number of hydrogen-bond donors (Lipinski definition) is 0. The first-order valence-electron chi connectivity index (χ1n) is 19.0. The molecule has 2 aromatic heterocycles. The summed E-state index contributed by atoms with van der Waals surface area (Å²) in [6.45, 7) is 4.44. The summed E-state index contributed by atoms with van der Waals surface area (Å²) < 4.78 is 4.79. The molecule has 0 fully saturated rings. The Hall–Kier alpha value is -6.97.